The van der Waals surface area contributed by atoms with Gasteiger partial charge in [0.05, 0.1) is 11.4 Å². The fourth-order valence-corrected chi connectivity index (χ4v) is 5.05. The Kier molecular flexibility index (Phi) is 9.41. The van der Waals surface area contributed by atoms with Crippen molar-refractivity contribution < 1.29 is 22.8 Å². The summed E-state index contributed by atoms with van der Waals surface area (Å²) in [5.74, 6) is -1.35. The van der Waals surface area contributed by atoms with E-state index in [9.17, 15) is 18.4 Å². The van der Waals surface area contributed by atoms with Crippen molar-refractivity contribution in [2.75, 3.05) is 13.1 Å². The number of halogens is 3. The van der Waals surface area contributed by atoms with Gasteiger partial charge in [0.25, 0.3) is 12.3 Å². The number of amides is 2. The zero-order chi connectivity index (χ0) is 28.8. The van der Waals surface area contributed by atoms with Gasteiger partial charge in [0.1, 0.15) is 17.8 Å². The molecule has 3 atom stereocenters. The normalized spacial score (nSPS) is 26.9. The average Bonchev–Trinajstić information content (AvgIpc) is 3.31. The highest BCUT2D eigenvalue weighted by molar-refractivity contribution is 6.10. The van der Waals surface area contributed by atoms with Crippen molar-refractivity contribution in [2.45, 2.75) is 57.7 Å². The number of rotatable bonds is 7. The number of nitrogens with zero attached hydrogens (tertiary/aromatic N) is 3. The zero-order valence-corrected chi connectivity index (χ0v) is 22.3. The van der Waals surface area contributed by atoms with Crippen LogP contribution in [0.2, 0.25) is 0 Å². The summed E-state index contributed by atoms with van der Waals surface area (Å²) in [5, 5.41) is 8.40. The highest BCUT2D eigenvalue weighted by Crippen LogP contribution is 2.31. The van der Waals surface area contributed by atoms with E-state index in [4.69, 9.17) is 5.73 Å². The number of fused-ring (bicyclic) bond motifs is 1. The Labute approximate surface area is 231 Å². The standard InChI is InChI=1S/C28H34F3N7O2/c1-3-20(21(29)12-16(2)28(40)37-22-13-18(26(30)31)8-9-33-22)24(25-27(32)35-11-10-34-25)36-14-17-4-5-19-6-7-23(39)38(19)15-17/h3,10-14,17,19,26-27,34-35H,1,4-9,15,32H2,2H3,(H,33,37,40)/b16-12+,21-20-,25-24-,36-14?/t17-,19+,27?/m0/s1. The van der Waals surface area contributed by atoms with Crippen LogP contribution in [-0.4, -0.2) is 60.5 Å². The molecule has 4 heterocycles. The average molecular weight is 558 g/mol. The van der Waals surface area contributed by atoms with Gasteiger partial charge in [-0.25, -0.2) is 13.2 Å². The van der Waals surface area contributed by atoms with Crippen molar-refractivity contribution in [3.05, 3.63) is 71.1 Å². The minimum atomic E-state index is -2.64. The van der Waals surface area contributed by atoms with Gasteiger partial charge in [0.15, 0.2) is 0 Å². The molecule has 4 rings (SSSR count). The fourth-order valence-electron chi connectivity index (χ4n) is 5.05. The lowest BCUT2D eigenvalue weighted by molar-refractivity contribution is -0.130. The van der Waals surface area contributed by atoms with E-state index in [-0.39, 0.29) is 59.1 Å². The molecule has 9 nitrogen and oxygen atoms in total. The summed E-state index contributed by atoms with van der Waals surface area (Å²) in [6.07, 6.45) is 8.28. The van der Waals surface area contributed by atoms with Crippen LogP contribution in [0.25, 0.3) is 0 Å². The lowest BCUT2D eigenvalue weighted by Crippen LogP contribution is -2.44. The Bertz CT molecular complexity index is 1260. The number of aliphatic imine (C=N–C) groups is 2. The van der Waals surface area contributed by atoms with Crippen LogP contribution in [0.15, 0.2) is 81.1 Å². The van der Waals surface area contributed by atoms with E-state index in [1.54, 1.807) is 18.6 Å². The third-order valence-corrected chi connectivity index (χ3v) is 7.28. The Morgan fingerprint density at radius 3 is 2.83 bits per heavy atom. The van der Waals surface area contributed by atoms with Crippen molar-refractivity contribution in [3.63, 3.8) is 0 Å². The van der Waals surface area contributed by atoms with E-state index in [1.807, 2.05) is 4.90 Å². The molecule has 0 radical (unpaired) electrons. The van der Waals surface area contributed by atoms with E-state index in [0.717, 1.165) is 31.4 Å². The van der Waals surface area contributed by atoms with Crippen molar-refractivity contribution >= 4 is 23.9 Å². The molecule has 0 aromatic rings. The zero-order valence-electron chi connectivity index (χ0n) is 22.3. The maximum Gasteiger partial charge on any atom is 0.260 e. The smallest absolute Gasteiger partial charge is 0.260 e. The Hall–Kier alpha value is -3.93. The van der Waals surface area contributed by atoms with Crippen LogP contribution >= 0.6 is 0 Å². The molecule has 2 amide bonds. The first-order chi connectivity index (χ1) is 19.2. The Morgan fingerprint density at radius 1 is 1.30 bits per heavy atom. The summed E-state index contributed by atoms with van der Waals surface area (Å²) in [5.41, 5.74) is 6.66. The van der Waals surface area contributed by atoms with Crippen LogP contribution in [0.4, 0.5) is 13.2 Å². The summed E-state index contributed by atoms with van der Waals surface area (Å²) in [7, 11) is 0. The van der Waals surface area contributed by atoms with Gasteiger partial charge in [-0.05, 0) is 44.8 Å². The minimum Gasteiger partial charge on any atom is -0.370 e. The van der Waals surface area contributed by atoms with Crippen LogP contribution in [0.3, 0.4) is 0 Å². The third kappa shape index (κ3) is 6.79. The van der Waals surface area contributed by atoms with E-state index in [0.29, 0.717) is 18.7 Å². The molecule has 1 unspecified atom stereocenters. The summed E-state index contributed by atoms with van der Waals surface area (Å²) in [4.78, 5) is 35.5. The van der Waals surface area contributed by atoms with E-state index in [2.05, 4.69) is 32.5 Å². The number of carbonyl (C=O) groups excluding carboxylic acids is 2. The summed E-state index contributed by atoms with van der Waals surface area (Å²) >= 11 is 0. The maximum absolute atomic E-state index is 15.7. The summed E-state index contributed by atoms with van der Waals surface area (Å²) in [6.45, 7) is 5.82. The lowest BCUT2D eigenvalue weighted by atomic mass is 9.94. The maximum atomic E-state index is 15.7. The molecule has 0 aromatic carbocycles. The second-order valence-electron chi connectivity index (χ2n) is 10.0. The van der Waals surface area contributed by atoms with Crippen LogP contribution in [0.5, 0.6) is 0 Å². The Balaban J connectivity index is 1.60. The quantitative estimate of drug-likeness (QED) is 0.218. The van der Waals surface area contributed by atoms with E-state index >= 15 is 4.39 Å². The molecule has 0 spiro atoms. The predicted octanol–water partition coefficient (Wildman–Crippen LogP) is 3.08. The largest absolute Gasteiger partial charge is 0.370 e. The van der Waals surface area contributed by atoms with Gasteiger partial charge in [-0.1, -0.05) is 12.7 Å². The SMILES string of the molecule is C=CC(=C(F)\C=C(/C)C(=O)NC1=NCCC(C(F)F)=C1)/C(N=C[C@@H]1CC[C@@H]2CCC(=O)N2C1)=C1/NC=CNC1N. The molecule has 12 heteroatoms. The van der Waals surface area contributed by atoms with Crippen LogP contribution < -0.4 is 21.7 Å². The van der Waals surface area contributed by atoms with Crippen LogP contribution in [0.1, 0.15) is 39.0 Å². The number of alkyl halides is 2. The molecule has 5 N–H and O–H groups in total. The van der Waals surface area contributed by atoms with Gasteiger partial charge in [0, 0.05) is 66.8 Å². The molecule has 0 saturated carbocycles. The number of hydrogen-bond acceptors (Lipinski definition) is 7. The highest BCUT2D eigenvalue weighted by Gasteiger charge is 2.35. The van der Waals surface area contributed by atoms with Gasteiger partial charge in [0.2, 0.25) is 5.91 Å². The molecular weight excluding hydrogens is 523 g/mol. The van der Waals surface area contributed by atoms with E-state index in [1.165, 1.54) is 13.0 Å². The number of piperidine rings is 1. The number of carbonyl (C=O) groups is 2. The van der Waals surface area contributed by atoms with E-state index < -0.39 is 24.3 Å². The number of hydrogen-bond donors (Lipinski definition) is 4. The Morgan fingerprint density at radius 2 is 2.10 bits per heavy atom. The number of nitrogens with two attached hydrogens (primary N) is 1. The molecular formula is C28H34F3N7O2. The molecule has 0 aliphatic carbocycles. The minimum absolute atomic E-state index is 0.000672. The fraction of sp³-hybridized carbons (Fsp3) is 0.429. The van der Waals surface area contributed by atoms with Crippen molar-refractivity contribution in [2.24, 2.45) is 21.6 Å². The molecule has 2 fully saturated rings. The van der Waals surface area contributed by atoms with Crippen molar-refractivity contribution in [1.29, 1.82) is 0 Å². The van der Waals surface area contributed by atoms with Gasteiger partial charge >= 0.3 is 0 Å². The molecule has 0 bridgehead atoms. The number of amidine groups is 1. The van der Waals surface area contributed by atoms with Crippen LogP contribution in [-0.2, 0) is 9.59 Å². The summed E-state index contributed by atoms with van der Waals surface area (Å²) in [6, 6.07) is 0.273. The number of nitrogens with one attached hydrogen (secondary N) is 3. The number of allylic oxidation sites excluding steroid dienone is 3. The molecule has 2 saturated heterocycles. The van der Waals surface area contributed by atoms with Gasteiger partial charge in [-0.3, -0.25) is 19.6 Å². The predicted molar refractivity (Wildman–Crippen MR) is 148 cm³/mol. The van der Waals surface area contributed by atoms with Gasteiger partial charge in [-0.15, -0.1) is 0 Å². The monoisotopic (exact) mass is 557 g/mol. The molecule has 4 aliphatic heterocycles. The first-order valence-electron chi connectivity index (χ1n) is 13.2. The highest BCUT2D eigenvalue weighted by atomic mass is 19.3. The topological polar surface area (TPSA) is 124 Å². The first kappa shape index (κ1) is 29.1. The summed E-state index contributed by atoms with van der Waals surface area (Å²) < 4.78 is 41.8. The second-order valence-corrected chi connectivity index (χ2v) is 10.0. The lowest BCUT2D eigenvalue weighted by Gasteiger charge is -2.33. The van der Waals surface area contributed by atoms with Crippen molar-refractivity contribution in [3.8, 4) is 0 Å². The van der Waals surface area contributed by atoms with Gasteiger partial charge < -0.3 is 26.6 Å². The third-order valence-electron chi connectivity index (χ3n) is 7.28. The van der Waals surface area contributed by atoms with Crippen molar-refractivity contribution in [1.82, 2.24) is 20.9 Å². The van der Waals surface area contributed by atoms with Crippen LogP contribution in [0, 0.1) is 5.92 Å². The second kappa shape index (κ2) is 12.9. The molecule has 40 heavy (non-hydrogen) atoms. The molecule has 4 aliphatic rings. The first-order valence-corrected chi connectivity index (χ1v) is 13.2. The number of dihydropyridines is 1. The molecule has 214 valence electrons. The molecule has 0 aromatic heterocycles. The van der Waals surface area contributed by atoms with Gasteiger partial charge in [-0.2, -0.15) is 0 Å².